The Morgan fingerprint density at radius 2 is 0.769 bits per heavy atom. The fourth-order valence-corrected chi connectivity index (χ4v) is 69.6. The standard InChI is InChI=1S/C15H56O20Si17/c1-37(2)18-45-25-47(20-39(5)6)29-49(22-41(9)10)27-46(17-36,19-38(3)4)28-50(23-42(11)12)30-48(26-45,21-40(7)8)32-51(31-47,24-43(13)14)35-52(33-49,34-50)44(15)16/h37-43,45H,1-15,36H3. The predicted molar refractivity (Wildman–Crippen MR) is 222 cm³/mol. The van der Waals surface area contributed by atoms with E-state index in [1.807, 2.05) is 91.7 Å². The molecular formula is C15H56O20Si17. The first-order chi connectivity index (χ1) is 23.9. The van der Waals surface area contributed by atoms with Crippen LogP contribution in [0.15, 0.2) is 0 Å². The summed E-state index contributed by atoms with van der Waals surface area (Å²) in [4.78, 5) is 0. The molecule has 4 unspecified atom stereocenters. The van der Waals surface area contributed by atoms with E-state index in [2.05, 4.69) is 0 Å². The van der Waals surface area contributed by atoms with Crippen LogP contribution in [0.2, 0.25) is 98.2 Å². The van der Waals surface area contributed by atoms with Gasteiger partial charge in [0.2, 0.25) is 0 Å². The SMILES string of the molecule is C[Si](=O)[Si]12O[Si]3(O[SiH](C)C)O[Si](O[SiH3])(O[SiH](C)C)O[Si](O[SiH](C)C)(O[Si]4(O[SiH](C)C)O[SiH](O[SiH](C)C)O[Si](O[SiH](C)C)(O3)O[Si](O[SiH](C)C)(O4)O1)O2. The van der Waals surface area contributed by atoms with Crippen molar-refractivity contribution >= 4 is 154 Å². The monoisotopic (exact) mass is 1030 g/mol. The van der Waals surface area contributed by atoms with Gasteiger partial charge in [-0.2, -0.15) is 0 Å². The van der Waals surface area contributed by atoms with E-state index in [1.165, 1.54) is 6.55 Å². The third kappa shape index (κ3) is 11.7. The first-order valence-corrected chi connectivity index (χ1v) is 53.4. The number of hydrogen-bond donors (Lipinski definition) is 0. The van der Waals surface area contributed by atoms with Crippen LogP contribution in [0.5, 0.6) is 0 Å². The third-order valence-electron chi connectivity index (χ3n) is 6.10. The molecule has 37 heteroatoms. The summed E-state index contributed by atoms with van der Waals surface area (Å²) in [7, 11) is -54.8. The average molecular weight is 1030 g/mol. The molecule has 4 aliphatic heterocycles. The van der Waals surface area contributed by atoms with Crippen molar-refractivity contribution in [3.05, 3.63) is 0 Å². The van der Waals surface area contributed by atoms with Gasteiger partial charge in [-0.05, 0) is 98.2 Å². The van der Waals surface area contributed by atoms with Crippen LogP contribution in [0.1, 0.15) is 0 Å². The minimum Gasteiger partial charge on any atom is -0.422 e. The van der Waals surface area contributed by atoms with Gasteiger partial charge in [0.1, 0.15) is 10.5 Å². The molecule has 4 aliphatic rings. The van der Waals surface area contributed by atoms with E-state index in [1.54, 1.807) is 0 Å². The highest BCUT2D eigenvalue weighted by atomic mass is 29.3. The summed E-state index contributed by atoms with van der Waals surface area (Å²) in [6.45, 7) is 28.2. The normalized spacial score (nSPS) is 39.8. The van der Waals surface area contributed by atoms with Gasteiger partial charge in [-0.25, -0.2) is 0 Å². The Kier molecular flexibility index (Phi) is 16.5. The molecule has 4 heterocycles. The number of fused-ring (bicyclic) bond motifs is 4. The van der Waals surface area contributed by atoms with E-state index in [9.17, 15) is 4.46 Å². The fourth-order valence-electron chi connectivity index (χ4n) is 4.85. The third-order valence-corrected chi connectivity index (χ3v) is 57.7. The Hall–Kier alpha value is 2.73. The molecule has 4 fully saturated rings. The van der Waals surface area contributed by atoms with Gasteiger partial charge in [0.15, 0.2) is 63.3 Å². The zero-order chi connectivity index (χ0) is 39.1. The summed E-state index contributed by atoms with van der Waals surface area (Å²) in [5.41, 5.74) is 0. The van der Waals surface area contributed by atoms with E-state index in [4.69, 9.17) is 78.2 Å². The van der Waals surface area contributed by atoms with Crippen molar-refractivity contribution < 1.29 is 82.6 Å². The maximum Gasteiger partial charge on any atom is 0.649 e. The first kappa shape index (κ1) is 47.4. The van der Waals surface area contributed by atoms with Gasteiger partial charge >= 0.3 is 80.3 Å². The van der Waals surface area contributed by atoms with Crippen molar-refractivity contribution in [2.24, 2.45) is 0 Å². The largest absolute Gasteiger partial charge is 0.649 e. The lowest BCUT2D eigenvalue weighted by Gasteiger charge is -2.56. The molecule has 20 nitrogen and oxygen atoms in total. The maximum absolute atomic E-state index is 14.5. The summed E-state index contributed by atoms with van der Waals surface area (Å²) in [6, 6.07) is 0. The highest BCUT2D eigenvalue weighted by molar-refractivity contribution is 7.23. The van der Waals surface area contributed by atoms with Crippen LogP contribution in [0, 0.1) is 0 Å². The van der Waals surface area contributed by atoms with Gasteiger partial charge in [0.25, 0.3) is 0 Å². The Labute approximate surface area is 332 Å². The second-order valence-corrected chi connectivity index (χ2v) is 59.0. The van der Waals surface area contributed by atoms with Crippen LogP contribution in [0.3, 0.4) is 0 Å². The number of hydrogen-bond acceptors (Lipinski definition) is 20. The first-order valence-electron chi connectivity index (χ1n) is 17.3. The van der Waals surface area contributed by atoms with Crippen molar-refractivity contribution in [1.29, 1.82) is 0 Å². The summed E-state index contributed by atoms with van der Waals surface area (Å²) in [6.07, 6.45) is 0. The lowest BCUT2D eigenvalue weighted by Crippen LogP contribution is -2.88. The highest BCUT2D eigenvalue weighted by Gasteiger charge is 2.86. The minimum absolute atomic E-state index is 0.0541. The molecule has 0 saturated carbocycles. The minimum atomic E-state index is -4.86. The smallest absolute Gasteiger partial charge is 0.422 e. The van der Waals surface area contributed by atoms with Gasteiger partial charge in [-0.15, -0.1) is 0 Å². The van der Waals surface area contributed by atoms with Crippen LogP contribution in [0.25, 0.3) is 0 Å². The Balaban J connectivity index is 2.24. The summed E-state index contributed by atoms with van der Waals surface area (Å²) in [5, 5.41) is 0. The average Bonchev–Trinajstić information content (AvgIpc) is 2.86. The van der Waals surface area contributed by atoms with Crippen molar-refractivity contribution in [2.75, 3.05) is 0 Å². The Morgan fingerprint density at radius 3 is 1.04 bits per heavy atom. The van der Waals surface area contributed by atoms with Crippen molar-refractivity contribution in [2.45, 2.75) is 98.2 Å². The van der Waals surface area contributed by atoms with E-state index in [-0.39, 0.29) is 10.5 Å². The maximum atomic E-state index is 14.5. The molecule has 0 aromatic rings. The van der Waals surface area contributed by atoms with Crippen LogP contribution in [-0.2, 0) is 82.6 Å². The molecule has 4 atom stereocenters. The second kappa shape index (κ2) is 18.1. The van der Waals surface area contributed by atoms with Crippen LogP contribution < -0.4 is 0 Å². The molecule has 0 radical (unpaired) electrons. The molecule has 0 amide bonds. The van der Waals surface area contributed by atoms with Gasteiger partial charge < -0.3 is 82.6 Å². The van der Waals surface area contributed by atoms with Crippen molar-refractivity contribution in [3.8, 4) is 0 Å². The Bertz CT molecular complexity index is 1180. The molecule has 52 heavy (non-hydrogen) atoms. The van der Waals surface area contributed by atoms with Crippen LogP contribution in [0.4, 0.5) is 0 Å². The summed E-state index contributed by atoms with van der Waals surface area (Å²) < 4.78 is 144. The molecule has 0 aromatic heterocycles. The summed E-state index contributed by atoms with van der Waals surface area (Å²) in [5.74, 6) is 0. The molecule has 304 valence electrons. The van der Waals surface area contributed by atoms with E-state index < -0.39 is 144 Å². The van der Waals surface area contributed by atoms with Gasteiger partial charge in [0, 0.05) is 0 Å². The van der Waals surface area contributed by atoms with E-state index >= 15 is 0 Å². The zero-order valence-corrected chi connectivity index (χ0v) is 52.0. The lowest BCUT2D eigenvalue weighted by atomic mass is 11.9. The van der Waals surface area contributed by atoms with Gasteiger partial charge in [-0.1, -0.05) is 0 Å². The zero-order valence-electron chi connectivity index (χ0n) is 32.8. The van der Waals surface area contributed by atoms with Crippen LogP contribution >= 0.6 is 0 Å². The van der Waals surface area contributed by atoms with Gasteiger partial charge in [-0.3, -0.25) is 0 Å². The molecule has 0 spiro atoms. The Morgan fingerprint density at radius 1 is 0.462 bits per heavy atom. The second-order valence-electron chi connectivity index (χ2n) is 13.9. The molecule has 4 rings (SSSR count). The quantitative estimate of drug-likeness (QED) is 0.153. The molecule has 0 aromatic carbocycles. The van der Waals surface area contributed by atoms with Gasteiger partial charge in [0.05, 0.1) is 0 Å². The highest BCUT2D eigenvalue weighted by Crippen LogP contribution is 2.46. The topological polar surface area (TPSA) is 192 Å². The van der Waals surface area contributed by atoms with Crippen molar-refractivity contribution in [1.82, 2.24) is 0 Å². The number of rotatable bonds is 16. The summed E-state index contributed by atoms with van der Waals surface area (Å²) >= 11 is 0. The predicted octanol–water partition coefficient (Wildman–Crippen LogP) is -2.08. The van der Waals surface area contributed by atoms with Crippen molar-refractivity contribution in [3.63, 3.8) is 0 Å². The molecule has 6 bridgehead atoms. The van der Waals surface area contributed by atoms with E-state index in [0.717, 1.165) is 0 Å². The lowest BCUT2D eigenvalue weighted by molar-refractivity contribution is -0.0792. The molecule has 4 saturated heterocycles. The van der Waals surface area contributed by atoms with E-state index in [0.29, 0.717) is 0 Å². The fraction of sp³-hybridized carbons (Fsp3) is 1.00. The molecular weight excluding hydrogens is 978 g/mol. The molecule has 0 N–H and O–H groups in total. The van der Waals surface area contributed by atoms with Crippen LogP contribution in [-0.4, -0.2) is 154 Å². The molecule has 0 aliphatic carbocycles.